The zero-order valence-corrected chi connectivity index (χ0v) is 46.5. The number of carbonyl (C=O) groups excluding carboxylic acids is 1. The third-order valence-electron chi connectivity index (χ3n) is 13.1. The van der Waals surface area contributed by atoms with Crippen molar-refractivity contribution in [2.45, 2.75) is 65.2 Å². The Kier molecular flexibility index (Phi) is 17.3. The molecule has 1 amide bonds. The summed E-state index contributed by atoms with van der Waals surface area (Å²) in [4.78, 5) is 34.8. The Morgan fingerprint density at radius 1 is 0.579 bits per heavy atom. The van der Waals surface area contributed by atoms with Crippen LogP contribution in [0.5, 0.6) is 23.0 Å². The summed E-state index contributed by atoms with van der Waals surface area (Å²) >= 11 is 11.5. The van der Waals surface area contributed by atoms with E-state index in [0.29, 0.717) is 34.5 Å². The average molecular weight is 1100 g/mol. The first-order valence-electron chi connectivity index (χ1n) is 25.9. The van der Waals surface area contributed by atoms with Crippen molar-refractivity contribution in [2.24, 2.45) is 0 Å². The normalized spacial score (nSPS) is 13.7. The molecule has 0 spiro atoms. The van der Waals surface area contributed by atoms with Crippen LogP contribution >= 0.6 is 58.0 Å². The highest BCUT2D eigenvalue weighted by Crippen LogP contribution is 2.52. The molecule has 5 heterocycles. The van der Waals surface area contributed by atoms with Gasteiger partial charge in [0.15, 0.2) is 11.5 Å². The van der Waals surface area contributed by atoms with Gasteiger partial charge in [-0.2, -0.15) is 0 Å². The maximum absolute atomic E-state index is 13.2. The van der Waals surface area contributed by atoms with Gasteiger partial charge in [0.05, 0.1) is 27.9 Å². The summed E-state index contributed by atoms with van der Waals surface area (Å²) < 4.78 is 24.6. The number of ether oxygens (including phenoxy) is 4. The number of amides is 1. The van der Waals surface area contributed by atoms with Gasteiger partial charge < -0.3 is 29.0 Å². The number of rotatable bonds is 23. The number of hydrogen-bond donors (Lipinski definition) is 1. The lowest BCUT2D eigenvalue weighted by atomic mass is 10.1. The predicted molar refractivity (Wildman–Crippen MR) is 320 cm³/mol. The quantitative estimate of drug-likeness (QED) is 0.0379. The molecule has 10 rings (SSSR count). The number of thiophene rings is 3. The van der Waals surface area contributed by atoms with E-state index in [2.05, 4.69) is 164 Å². The molecular formula is C62H58N2O7S5. The molecule has 3 aromatic heterocycles. The third-order valence-corrected chi connectivity index (χ3v) is 18.0. The lowest BCUT2D eigenvalue weighted by Gasteiger charge is -2.26. The molecule has 0 bridgehead atoms. The largest absolute Gasteiger partial charge is 0.494 e. The molecule has 2 aliphatic heterocycles. The topological polar surface area (TPSA) is 97.8 Å². The van der Waals surface area contributed by atoms with Crippen LogP contribution in [-0.2, 0) is 9.59 Å². The fraction of sp³-hybridized carbons (Fsp3) is 0.242. The van der Waals surface area contributed by atoms with Crippen molar-refractivity contribution in [3.8, 4) is 75.2 Å². The van der Waals surface area contributed by atoms with Gasteiger partial charge in [0, 0.05) is 36.6 Å². The number of aliphatic carboxylic acids is 1. The SMILES string of the molecule is CCCCCCOc1ccc(-c2ccc(-c3ccc(N(c4ccc(-c5ccc(-c6ccc(OCCCCCC)cc6)s5)cc4)c4ccc(-c5sc(/C=C6/SC(=S)N(CC(=O)O)C6=O)c6c5OCCO6)cc4)cc3)s2)cc1. The van der Waals surface area contributed by atoms with E-state index in [0.717, 1.165) is 92.8 Å². The molecule has 388 valence electrons. The minimum absolute atomic E-state index is 0.208. The summed E-state index contributed by atoms with van der Waals surface area (Å²) in [6.07, 6.45) is 11.2. The number of benzene rings is 5. The van der Waals surface area contributed by atoms with Crippen molar-refractivity contribution in [2.75, 3.05) is 37.9 Å². The summed E-state index contributed by atoms with van der Waals surface area (Å²) in [5.41, 5.74) is 8.52. The van der Waals surface area contributed by atoms with Crippen LogP contribution in [0.1, 0.15) is 70.1 Å². The molecular weight excluding hydrogens is 1050 g/mol. The van der Waals surface area contributed by atoms with Gasteiger partial charge in [-0.1, -0.05) is 113 Å². The first-order valence-corrected chi connectivity index (χ1v) is 29.6. The van der Waals surface area contributed by atoms with Crippen molar-refractivity contribution in [3.63, 3.8) is 0 Å². The summed E-state index contributed by atoms with van der Waals surface area (Å²) in [6.45, 7) is 6.20. The maximum atomic E-state index is 13.2. The monoisotopic (exact) mass is 1100 g/mol. The van der Waals surface area contributed by atoms with Crippen molar-refractivity contribution in [1.29, 1.82) is 0 Å². The van der Waals surface area contributed by atoms with Crippen molar-refractivity contribution in [3.05, 3.63) is 155 Å². The molecule has 5 aromatic carbocycles. The number of thioether (sulfide) groups is 1. The van der Waals surface area contributed by atoms with Gasteiger partial charge >= 0.3 is 5.97 Å². The number of anilines is 3. The molecule has 9 nitrogen and oxygen atoms in total. The molecule has 1 saturated heterocycles. The number of carboxylic acids is 1. The Hall–Kier alpha value is -6.68. The Balaban J connectivity index is 0.912. The molecule has 0 atom stereocenters. The number of thiocarbonyl (C=S) groups is 1. The van der Waals surface area contributed by atoms with Crippen molar-refractivity contribution in [1.82, 2.24) is 4.90 Å². The van der Waals surface area contributed by atoms with Gasteiger partial charge in [0.25, 0.3) is 5.91 Å². The van der Waals surface area contributed by atoms with E-state index >= 15 is 0 Å². The lowest BCUT2D eigenvalue weighted by Crippen LogP contribution is -2.33. The van der Waals surface area contributed by atoms with Crippen LogP contribution < -0.4 is 23.8 Å². The van der Waals surface area contributed by atoms with E-state index in [9.17, 15) is 14.7 Å². The van der Waals surface area contributed by atoms with Gasteiger partial charge in [0.1, 0.15) is 35.6 Å². The molecule has 14 heteroatoms. The molecule has 8 aromatic rings. The summed E-state index contributed by atoms with van der Waals surface area (Å²) in [7, 11) is 0. The maximum Gasteiger partial charge on any atom is 0.323 e. The predicted octanol–water partition coefficient (Wildman–Crippen LogP) is 17.7. The van der Waals surface area contributed by atoms with Gasteiger partial charge in [-0.15, -0.1) is 34.0 Å². The van der Waals surface area contributed by atoms with Crippen LogP contribution in [0.4, 0.5) is 17.1 Å². The zero-order chi connectivity index (χ0) is 52.4. The first kappa shape index (κ1) is 52.7. The van der Waals surface area contributed by atoms with Crippen LogP contribution in [-0.4, -0.2) is 59.2 Å². The number of carboxylic acid groups (broad SMARTS) is 1. The number of hydrogen-bond acceptors (Lipinski definition) is 12. The Morgan fingerprint density at radius 3 is 1.43 bits per heavy atom. The van der Waals surface area contributed by atoms with Gasteiger partial charge in [0.2, 0.25) is 0 Å². The van der Waals surface area contributed by atoms with Crippen LogP contribution in [0.25, 0.3) is 58.3 Å². The van der Waals surface area contributed by atoms with E-state index in [-0.39, 0.29) is 4.32 Å². The highest BCUT2D eigenvalue weighted by atomic mass is 32.2. The second-order valence-corrected chi connectivity index (χ2v) is 23.4. The summed E-state index contributed by atoms with van der Waals surface area (Å²) in [6, 6.07) is 51.6. The molecule has 1 N–H and O–H groups in total. The van der Waals surface area contributed by atoms with E-state index < -0.39 is 18.4 Å². The van der Waals surface area contributed by atoms with Gasteiger partial charge in [-0.25, -0.2) is 0 Å². The highest BCUT2D eigenvalue weighted by Gasteiger charge is 2.35. The van der Waals surface area contributed by atoms with E-state index in [4.69, 9.17) is 31.2 Å². The molecule has 0 saturated carbocycles. The second kappa shape index (κ2) is 25.0. The van der Waals surface area contributed by atoms with Crippen LogP contribution in [0, 0.1) is 0 Å². The molecule has 2 aliphatic rings. The standard InChI is InChI=1S/C62H58N2O7S5/c1-3-5-7-9-35-68-49-27-17-43(18-28-49)53-33-31-51(73-53)41-11-21-46(22-12-41)64(47-23-13-42(14-24-47)52-32-34-54(74-52)44-19-29-50(30-20-44)69-36-10-8-6-4-2)48-25-15-45(16-26-48)60-59-58(70-37-38-71-59)55(75-60)39-56-61(67)63(40-57(65)66)62(72)76-56/h11-34,39H,3-10,35-38,40H2,1-2H3,(H,65,66)/b56-39+. The second-order valence-electron chi connectivity index (χ2n) is 18.5. The Bertz CT molecular complexity index is 3170. The Labute approximate surface area is 466 Å². The van der Waals surface area contributed by atoms with Crippen LogP contribution in [0.3, 0.4) is 0 Å². The zero-order valence-electron chi connectivity index (χ0n) is 42.5. The van der Waals surface area contributed by atoms with Crippen molar-refractivity contribution < 1.29 is 33.6 Å². The summed E-state index contributed by atoms with van der Waals surface area (Å²) in [5.74, 6) is 1.42. The molecule has 0 unspecified atom stereocenters. The number of nitrogens with zero attached hydrogens (tertiary/aromatic N) is 2. The van der Waals surface area contributed by atoms with Gasteiger partial charge in [-0.3, -0.25) is 14.5 Å². The van der Waals surface area contributed by atoms with E-state index in [1.54, 1.807) is 28.7 Å². The van der Waals surface area contributed by atoms with E-state index in [1.807, 2.05) is 0 Å². The number of fused-ring (bicyclic) bond motifs is 1. The van der Waals surface area contributed by atoms with Crippen LogP contribution in [0.2, 0.25) is 0 Å². The minimum atomic E-state index is -1.13. The first-order chi connectivity index (χ1) is 37.2. The highest BCUT2D eigenvalue weighted by molar-refractivity contribution is 8.26. The third kappa shape index (κ3) is 12.4. The molecule has 76 heavy (non-hydrogen) atoms. The fourth-order valence-electron chi connectivity index (χ4n) is 9.07. The molecule has 0 aliphatic carbocycles. The number of carbonyl (C=O) groups is 2. The smallest absolute Gasteiger partial charge is 0.323 e. The fourth-order valence-corrected chi connectivity index (χ4v) is 13.6. The van der Waals surface area contributed by atoms with E-state index in [1.165, 1.54) is 80.5 Å². The molecule has 1 fully saturated rings. The minimum Gasteiger partial charge on any atom is -0.494 e. The van der Waals surface area contributed by atoms with Crippen LogP contribution in [0.15, 0.2) is 150 Å². The van der Waals surface area contributed by atoms with Crippen molar-refractivity contribution >= 4 is 97.3 Å². The molecule has 0 radical (unpaired) electrons. The Morgan fingerprint density at radius 2 is 1.00 bits per heavy atom. The lowest BCUT2D eigenvalue weighted by molar-refractivity contribution is -0.140. The number of unbranched alkanes of at least 4 members (excludes halogenated alkanes) is 6. The average Bonchev–Trinajstić information content (AvgIpc) is 4.28. The van der Waals surface area contributed by atoms with Gasteiger partial charge in [-0.05, 0) is 156 Å². The summed E-state index contributed by atoms with van der Waals surface area (Å²) in [5, 5.41) is 9.38.